The molecule has 1 unspecified atom stereocenters. The van der Waals surface area contributed by atoms with E-state index in [1.807, 2.05) is 12.4 Å². The third-order valence-corrected chi connectivity index (χ3v) is 3.85. The Balaban J connectivity index is 2.08. The van der Waals surface area contributed by atoms with Crippen LogP contribution in [0, 0.1) is 13.8 Å². The summed E-state index contributed by atoms with van der Waals surface area (Å²) in [6, 6.07) is 11.4. The molecule has 0 aliphatic heterocycles. The van der Waals surface area contributed by atoms with Gasteiger partial charge in [-0.05, 0) is 67.6 Å². The molecule has 0 saturated carbocycles. The van der Waals surface area contributed by atoms with E-state index in [9.17, 15) is 0 Å². The fourth-order valence-corrected chi connectivity index (χ4v) is 2.47. The lowest BCUT2D eigenvalue weighted by Crippen LogP contribution is -2.21. The molecule has 0 saturated heterocycles. The molecule has 2 heteroatoms. The second kappa shape index (κ2) is 7.20. The summed E-state index contributed by atoms with van der Waals surface area (Å²) in [5.41, 5.74) is 5.48. The number of nitrogens with one attached hydrogen (secondary N) is 1. The molecule has 1 heterocycles. The molecule has 1 aromatic carbocycles. The molecule has 0 radical (unpaired) electrons. The van der Waals surface area contributed by atoms with Gasteiger partial charge in [-0.15, -0.1) is 0 Å². The van der Waals surface area contributed by atoms with E-state index in [4.69, 9.17) is 0 Å². The Morgan fingerprint density at radius 1 is 1.05 bits per heavy atom. The van der Waals surface area contributed by atoms with Gasteiger partial charge in [-0.1, -0.05) is 25.1 Å². The summed E-state index contributed by atoms with van der Waals surface area (Å²) in [4.78, 5) is 4.07. The van der Waals surface area contributed by atoms with Gasteiger partial charge in [-0.3, -0.25) is 4.98 Å². The first kappa shape index (κ1) is 14.7. The molecule has 0 amide bonds. The van der Waals surface area contributed by atoms with Crippen molar-refractivity contribution in [2.75, 3.05) is 6.54 Å². The molecule has 2 aromatic rings. The number of aryl methyl sites for hydroxylation is 3. The lowest BCUT2D eigenvalue weighted by Gasteiger charge is -2.19. The van der Waals surface area contributed by atoms with Gasteiger partial charge in [-0.2, -0.15) is 0 Å². The van der Waals surface area contributed by atoms with Crippen LogP contribution < -0.4 is 5.32 Å². The van der Waals surface area contributed by atoms with Crippen LogP contribution in [0.4, 0.5) is 0 Å². The van der Waals surface area contributed by atoms with E-state index in [1.54, 1.807) is 0 Å². The molecule has 20 heavy (non-hydrogen) atoms. The highest BCUT2D eigenvalue weighted by Gasteiger charge is 2.11. The third-order valence-electron chi connectivity index (χ3n) is 3.85. The van der Waals surface area contributed by atoms with Crippen LogP contribution in [0.15, 0.2) is 42.7 Å². The molecule has 2 nitrogen and oxygen atoms in total. The Labute approximate surface area is 122 Å². The molecular formula is C18H24N2. The number of hydrogen-bond acceptors (Lipinski definition) is 2. The third kappa shape index (κ3) is 3.91. The summed E-state index contributed by atoms with van der Waals surface area (Å²) < 4.78 is 0. The Kier molecular flexibility index (Phi) is 5.31. The second-order valence-corrected chi connectivity index (χ2v) is 5.35. The molecular weight excluding hydrogens is 244 g/mol. The number of hydrogen-bond donors (Lipinski definition) is 1. The molecule has 0 aliphatic carbocycles. The van der Waals surface area contributed by atoms with E-state index >= 15 is 0 Å². The monoisotopic (exact) mass is 268 g/mol. The van der Waals surface area contributed by atoms with Crippen LogP contribution in [0.1, 0.15) is 41.6 Å². The average Bonchev–Trinajstić information content (AvgIpc) is 2.47. The lowest BCUT2D eigenvalue weighted by atomic mass is 9.96. The van der Waals surface area contributed by atoms with Crippen molar-refractivity contribution in [3.8, 4) is 0 Å². The van der Waals surface area contributed by atoms with Gasteiger partial charge < -0.3 is 5.32 Å². The fourth-order valence-electron chi connectivity index (χ4n) is 2.47. The minimum atomic E-state index is 0.424. The minimum Gasteiger partial charge on any atom is -0.310 e. The van der Waals surface area contributed by atoms with Crippen molar-refractivity contribution in [3.63, 3.8) is 0 Å². The van der Waals surface area contributed by atoms with E-state index < -0.39 is 0 Å². The van der Waals surface area contributed by atoms with Crippen LogP contribution in [-0.2, 0) is 6.42 Å². The summed E-state index contributed by atoms with van der Waals surface area (Å²) >= 11 is 0. The molecule has 0 fully saturated rings. The van der Waals surface area contributed by atoms with Crippen LogP contribution in [0.5, 0.6) is 0 Å². The highest BCUT2D eigenvalue weighted by atomic mass is 14.9. The summed E-state index contributed by atoms with van der Waals surface area (Å²) in [5, 5.41) is 3.60. The van der Waals surface area contributed by atoms with Crippen LogP contribution >= 0.6 is 0 Å². The smallest absolute Gasteiger partial charge is 0.0323 e. The predicted molar refractivity (Wildman–Crippen MR) is 84.9 cm³/mol. The van der Waals surface area contributed by atoms with Crippen LogP contribution in [0.3, 0.4) is 0 Å². The number of benzene rings is 1. The SMILES string of the molecule is CCNC(CCc1ccncc1)c1ccc(C)c(C)c1. The van der Waals surface area contributed by atoms with Crippen molar-refractivity contribution >= 4 is 0 Å². The van der Waals surface area contributed by atoms with E-state index in [-0.39, 0.29) is 0 Å². The minimum absolute atomic E-state index is 0.424. The summed E-state index contributed by atoms with van der Waals surface area (Å²) in [6.45, 7) is 7.51. The van der Waals surface area contributed by atoms with Gasteiger partial charge in [0, 0.05) is 18.4 Å². The summed E-state index contributed by atoms with van der Waals surface area (Å²) in [7, 11) is 0. The highest BCUT2D eigenvalue weighted by molar-refractivity contribution is 5.32. The van der Waals surface area contributed by atoms with Crippen molar-refractivity contribution in [2.45, 2.75) is 39.7 Å². The van der Waals surface area contributed by atoms with Crippen LogP contribution in [0.2, 0.25) is 0 Å². The standard InChI is InChI=1S/C18H24N2/c1-4-20-18(8-6-16-9-11-19-12-10-16)17-7-5-14(2)15(3)13-17/h5,7,9-13,18,20H,4,6,8H2,1-3H3. The van der Waals surface area contributed by atoms with Gasteiger partial charge in [0.1, 0.15) is 0 Å². The molecule has 0 bridgehead atoms. The topological polar surface area (TPSA) is 24.9 Å². The van der Waals surface area contributed by atoms with Gasteiger partial charge in [-0.25, -0.2) is 0 Å². The van der Waals surface area contributed by atoms with Crippen LogP contribution in [0.25, 0.3) is 0 Å². The second-order valence-electron chi connectivity index (χ2n) is 5.35. The summed E-state index contributed by atoms with van der Waals surface area (Å²) in [5.74, 6) is 0. The number of pyridine rings is 1. The van der Waals surface area contributed by atoms with Gasteiger partial charge >= 0.3 is 0 Å². The number of aromatic nitrogens is 1. The molecule has 1 aromatic heterocycles. The molecule has 2 rings (SSSR count). The number of rotatable bonds is 6. The first-order chi connectivity index (χ1) is 9.70. The van der Waals surface area contributed by atoms with Crippen molar-refractivity contribution in [1.82, 2.24) is 10.3 Å². The Morgan fingerprint density at radius 3 is 2.45 bits per heavy atom. The van der Waals surface area contributed by atoms with Crippen molar-refractivity contribution in [1.29, 1.82) is 0 Å². The van der Waals surface area contributed by atoms with Crippen molar-refractivity contribution < 1.29 is 0 Å². The average molecular weight is 268 g/mol. The van der Waals surface area contributed by atoms with Gasteiger partial charge in [0.2, 0.25) is 0 Å². The first-order valence-corrected chi connectivity index (χ1v) is 7.40. The number of nitrogens with zero attached hydrogens (tertiary/aromatic N) is 1. The highest BCUT2D eigenvalue weighted by Crippen LogP contribution is 2.21. The molecule has 0 spiro atoms. The fraction of sp³-hybridized carbons (Fsp3) is 0.389. The first-order valence-electron chi connectivity index (χ1n) is 7.40. The zero-order valence-corrected chi connectivity index (χ0v) is 12.7. The Morgan fingerprint density at radius 2 is 1.80 bits per heavy atom. The van der Waals surface area contributed by atoms with E-state index in [0.29, 0.717) is 6.04 Å². The molecule has 1 N–H and O–H groups in total. The zero-order chi connectivity index (χ0) is 14.4. The van der Waals surface area contributed by atoms with Gasteiger partial charge in [0.05, 0.1) is 0 Å². The summed E-state index contributed by atoms with van der Waals surface area (Å²) in [6.07, 6.45) is 5.93. The lowest BCUT2D eigenvalue weighted by molar-refractivity contribution is 0.515. The normalized spacial score (nSPS) is 12.3. The molecule has 1 atom stereocenters. The molecule has 106 valence electrons. The maximum absolute atomic E-state index is 4.07. The van der Waals surface area contributed by atoms with Gasteiger partial charge in [0.25, 0.3) is 0 Å². The van der Waals surface area contributed by atoms with Crippen molar-refractivity contribution in [2.24, 2.45) is 0 Å². The maximum atomic E-state index is 4.07. The maximum Gasteiger partial charge on any atom is 0.0323 e. The van der Waals surface area contributed by atoms with E-state index in [0.717, 1.165) is 19.4 Å². The Bertz CT molecular complexity index is 534. The quantitative estimate of drug-likeness (QED) is 0.857. The van der Waals surface area contributed by atoms with E-state index in [2.05, 4.69) is 61.4 Å². The van der Waals surface area contributed by atoms with Crippen LogP contribution in [-0.4, -0.2) is 11.5 Å². The van der Waals surface area contributed by atoms with Crippen molar-refractivity contribution in [3.05, 3.63) is 65.0 Å². The predicted octanol–water partition coefficient (Wildman–Crippen LogP) is 3.98. The largest absolute Gasteiger partial charge is 0.310 e. The molecule has 0 aliphatic rings. The van der Waals surface area contributed by atoms with Gasteiger partial charge in [0.15, 0.2) is 0 Å². The zero-order valence-electron chi connectivity index (χ0n) is 12.7. The Hall–Kier alpha value is -1.67. The van der Waals surface area contributed by atoms with E-state index in [1.165, 1.54) is 22.3 Å².